The molecule has 0 saturated carbocycles. The summed E-state index contributed by atoms with van der Waals surface area (Å²) in [6.45, 7) is 2.56. The molecule has 0 spiro atoms. The van der Waals surface area contributed by atoms with E-state index < -0.39 is 16.1 Å². The highest BCUT2D eigenvalue weighted by Crippen LogP contribution is 2.46. The van der Waals surface area contributed by atoms with Crippen LogP contribution in [0.5, 0.6) is 5.75 Å². The zero-order valence-electron chi connectivity index (χ0n) is 17.7. The van der Waals surface area contributed by atoms with Crippen molar-refractivity contribution in [3.8, 4) is 5.75 Å². The Bertz CT molecular complexity index is 1350. The van der Waals surface area contributed by atoms with E-state index >= 15 is 0 Å². The van der Waals surface area contributed by atoms with Crippen molar-refractivity contribution < 1.29 is 13.2 Å². The molecule has 1 aliphatic carbocycles. The Morgan fingerprint density at radius 1 is 0.781 bits per heavy atom. The van der Waals surface area contributed by atoms with Gasteiger partial charge in [-0.25, -0.2) is 13.1 Å². The van der Waals surface area contributed by atoms with Gasteiger partial charge < -0.3 is 10.1 Å². The molecule has 6 heteroatoms. The van der Waals surface area contributed by atoms with E-state index in [4.69, 9.17) is 4.74 Å². The van der Waals surface area contributed by atoms with Crippen molar-refractivity contribution >= 4 is 26.5 Å². The lowest BCUT2D eigenvalue weighted by molar-refractivity contribution is 0.340. The van der Waals surface area contributed by atoms with Crippen LogP contribution >= 0.6 is 0 Å². The van der Waals surface area contributed by atoms with Crippen LogP contribution in [0.4, 0.5) is 5.69 Å². The molecular weight excluding hydrogens is 420 g/mol. The average molecular weight is 445 g/mol. The number of ether oxygens (including phenoxy) is 1. The molecule has 2 atom stereocenters. The first-order valence-electron chi connectivity index (χ1n) is 10.6. The maximum Gasteiger partial charge on any atom is 0.241 e. The fraction of sp³-hybridized carbons (Fsp3) is 0.154. The van der Waals surface area contributed by atoms with Gasteiger partial charge in [-0.2, -0.15) is 0 Å². The lowest BCUT2D eigenvalue weighted by Gasteiger charge is -2.25. The highest BCUT2D eigenvalue weighted by atomic mass is 32.2. The first-order chi connectivity index (χ1) is 15.6. The number of nitrogens with one attached hydrogen (secondary N) is 2. The Morgan fingerprint density at radius 3 is 2.09 bits per heavy atom. The maximum atomic E-state index is 13.2. The van der Waals surface area contributed by atoms with Gasteiger partial charge in [0, 0.05) is 5.69 Å². The second kappa shape index (κ2) is 8.30. The minimum Gasteiger partial charge on any atom is -0.494 e. The minimum atomic E-state index is -3.71. The van der Waals surface area contributed by atoms with E-state index in [1.54, 1.807) is 30.3 Å². The van der Waals surface area contributed by atoms with Crippen molar-refractivity contribution in [2.45, 2.75) is 23.9 Å². The monoisotopic (exact) mass is 444 g/mol. The van der Waals surface area contributed by atoms with E-state index in [0.717, 1.165) is 33.3 Å². The molecule has 2 N–H and O–H groups in total. The van der Waals surface area contributed by atoms with Crippen molar-refractivity contribution in [1.29, 1.82) is 0 Å². The number of rotatable bonds is 7. The first kappa shape index (κ1) is 20.5. The summed E-state index contributed by atoms with van der Waals surface area (Å²) >= 11 is 0. The van der Waals surface area contributed by atoms with Crippen LogP contribution in [-0.4, -0.2) is 15.0 Å². The van der Waals surface area contributed by atoms with Gasteiger partial charge in [-0.15, -0.1) is 0 Å². The predicted octanol–water partition coefficient (Wildman–Crippen LogP) is 5.42. The van der Waals surface area contributed by atoms with E-state index in [0.29, 0.717) is 6.61 Å². The molecule has 4 aromatic rings. The zero-order valence-corrected chi connectivity index (χ0v) is 18.5. The summed E-state index contributed by atoms with van der Waals surface area (Å²) in [7, 11) is -3.71. The van der Waals surface area contributed by atoms with E-state index in [-0.39, 0.29) is 10.9 Å². The second-order valence-electron chi connectivity index (χ2n) is 7.78. The summed E-state index contributed by atoms with van der Waals surface area (Å²) in [6.07, 6.45) is 0. The van der Waals surface area contributed by atoms with Gasteiger partial charge in [-0.05, 0) is 65.2 Å². The van der Waals surface area contributed by atoms with Crippen LogP contribution in [0.15, 0.2) is 95.9 Å². The molecule has 5 nitrogen and oxygen atoms in total. The van der Waals surface area contributed by atoms with Gasteiger partial charge in [0.25, 0.3) is 0 Å². The van der Waals surface area contributed by atoms with Crippen molar-refractivity contribution in [2.24, 2.45) is 0 Å². The van der Waals surface area contributed by atoms with Crippen LogP contribution in [0.1, 0.15) is 30.1 Å². The van der Waals surface area contributed by atoms with Gasteiger partial charge in [0.2, 0.25) is 10.0 Å². The van der Waals surface area contributed by atoms with Gasteiger partial charge in [0.1, 0.15) is 5.75 Å². The van der Waals surface area contributed by atoms with Crippen molar-refractivity contribution in [3.05, 3.63) is 102 Å². The standard InChI is InChI=1S/C26H24N2O3S/c1-2-31-20-16-14-19(15-17-20)27-25-22-12-6-8-18-9-7-13-23(24(18)22)26(25)28-32(29,30)21-10-4-3-5-11-21/h3-17,25-28H,2H2,1H3. The molecule has 0 aliphatic heterocycles. The number of hydrogen-bond acceptors (Lipinski definition) is 4. The van der Waals surface area contributed by atoms with E-state index in [1.165, 1.54) is 0 Å². The molecule has 0 bridgehead atoms. The molecule has 1 aliphatic rings. The number of sulfonamides is 1. The molecule has 5 rings (SSSR count). The van der Waals surface area contributed by atoms with Crippen molar-refractivity contribution in [1.82, 2.24) is 4.72 Å². The molecule has 32 heavy (non-hydrogen) atoms. The third kappa shape index (κ3) is 3.72. The van der Waals surface area contributed by atoms with Crippen molar-refractivity contribution in [2.75, 3.05) is 11.9 Å². The molecule has 0 amide bonds. The summed E-state index contributed by atoms with van der Waals surface area (Å²) in [5.74, 6) is 0.802. The normalized spacial score (nSPS) is 17.4. The van der Waals surface area contributed by atoms with Gasteiger partial charge in [-0.1, -0.05) is 54.6 Å². The average Bonchev–Trinajstić information content (AvgIpc) is 3.10. The predicted molar refractivity (Wildman–Crippen MR) is 127 cm³/mol. The molecule has 0 fully saturated rings. The Morgan fingerprint density at radius 2 is 1.44 bits per heavy atom. The molecular formula is C26H24N2O3S. The number of anilines is 1. The van der Waals surface area contributed by atoms with Gasteiger partial charge >= 0.3 is 0 Å². The van der Waals surface area contributed by atoms with Gasteiger partial charge in [0.15, 0.2) is 0 Å². The number of hydrogen-bond donors (Lipinski definition) is 2. The molecule has 0 heterocycles. The van der Waals surface area contributed by atoms with Gasteiger partial charge in [-0.3, -0.25) is 0 Å². The highest BCUT2D eigenvalue weighted by Gasteiger charge is 2.37. The zero-order chi connectivity index (χ0) is 22.1. The topological polar surface area (TPSA) is 67.4 Å². The Balaban J connectivity index is 1.55. The van der Waals surface area contributed by atoms with Crippen LogP contribution < -0.4 is 14.8 Å². The van der Waals surface area contributed by atoms with Crippen LogP contribution in [0.3, 0.4) is 0 Å². The quantitative estimate of drug-likeness (QED) is 0.399. The molecule has 162 valence electrons. The summed E-state index contributed by atoms with van der Waals surface area (Å²) < 4.78 is 34.9. The lowest BCUT2D eigenvalue weighted by atomic mass is 10.0. The summed E-state index contributed by atoms with van der Waals surface area (Å²) in [6, 6.07) is 27.7. The van der Waals surface area contributed by atoms with Gasteiger partial charge in [0.05, 0.1) is 23.6 Å². The fourth-order valence-electron chi connectivity index (χ4n) is 4.40. The van der Waals surface area contributed by atoms with E-state index in [2.05, 4.69) is 28.2 Å². The highest BCUT2D eigenvalue weighted by molar-refractivity contribution is 7.89. The van der Waals surface area contributed by atoms with Crippen LogP contribution in [0.2, 0.25) is 0 Å². The lowest BCUT2D eigenvalue weighted by Crippen LogP contribution is -2.33. The van der Waals surface area contributed by atoms with E-state index in [9.17, 15) is 8.42 Å². The second-order valence-corrected chi connectivity index (χ2v) is 9.50. The molecule has 0 aromatic heterocycles. The third-order valence-corrected chi connectivity index (χ3v) is 7.25. The summed E-state index contributed by atoms with van der Waals surface area (Å²) in [5, 5.41) is 5.75. The maximum absolute atomic E-state index is 13.2. The van der Waals surface area contributed by atoms with Crippen LogP contribution in [0.25, 0.3) is 10.8 Å². The van der Waals surface area contributed by atoms with E-state index in [1.807, 2.05) is 49.4 Å². The third-order valence-electron chi connectivity index (χ3n) is 5.80. The molecule has 0 radical (unpaired) electrons. The smallest absolute Gasteiger partial charge is 0.241 e. The summed E-state index contributed by atoms with van der Waals surface area (Å²) in [4.78, 5) is 0.253. The molecule has 0 saturated heterocycles. The SMILES string of the molecule is CCOc1ccc(NC2c3cccc4cccc(c34)C2NS(=O)(=O)c2ccccc2)cc1. The largest absolute Gasteiger partial charge is 0.494 e. The van der Waals surface area contributed by atoms with Crippen molar-refractivity contribution in [3.63, 3.8) is 0 Å². The Labute approximate surface area is 188 Å². The first-order valence-corrected chi connectivity index (χ1v) is 12.1. The summed E-state index contributed by atoms with van der Waals surface area (Å²) in [5.41, 5.74) is 2.95. The fourth-order valence-corrected chi connectivity index (χ4v) is 5.65. The number of benzene rings is 4. The van der Waals surface area contributed by atoms with Crippen LogP contribution in [-0.2, 0) is 10.0 Å². The van der Waals surface area contributed by atoms with Crippen LogP contribution in [0, 0.1) is 0 Å². The Hall–Kier alpha value is -3.35. The Kier molecular flexibility index (Phi) is 5.33. The molecule has 4 aromatic carbocycles. The minimum absolute atomic E-state index is 0.253. The molecule has 2 unspecified atom stereocenters.